The first kappa shape index (κ1) is 7.80. The molecule has 0 aromatic heterocycles. The lowest BCUT2D eigenvalue weighted by molar-refractivity contribution is 0.524. The van der Waals surface area contributed by atoms with Crippen LogP contribution in [0.2, 0.25) is 0 Å². The van der Waals surface area contributed by atoms with Crippen molar-refractivity contribution in [2.24, 2.45) is 5.92 Å². The summed E-state index contributed by atoms with van der Waals surface area (Å²) in [5, 5.41) is 3.46. The molecule has 0 radical (unpaired) electrons. The van der Waals surface area contributed by atoms with Crippen LogP contribution < -0.4 is 5.32 Å². The van der Waals surface area contributed by atoms with E-state index in [1.165, 1.54) is 12.8 Å². The molecule has 1 fully saturated rings. The molecule has 0 amide bonds. The number of hydrogen-bond donors (Lipinski definition) is 1. The molecule has 1 aliphatic carbocycles. The highest BCUT2D eigenvalue weighted by atomic mass is 14.9. The summed E-state index contributed by atoms with van der Waals surface area (Å²) in [5.41, 5.74) is 0. The Kier molecular flexibility index (Phi) is 2.94. The Morgan fingerprint density at radius 1 is 1.60 bits per heavy atom. The molecule has 0 saturated heterocycles. The third kappa shape index (κ3) is 2.53. The molecule has 1 nitrogen and oxygen atoms in total. The largest absolute Gasteiger partial charge is 0.311 e. The minimum atomic E-state index is 0.733. The second-order valence-corrected chi connectivity index (χ2v) is 3.10. The first-order valence-electron chi connectivity index (χ1n) is 4.19. The predicted octanol–water partition coefficient (Wildman–Crippen LogP) is 1.95. The van der Waals surface area contributed by atoms with Gasteiger partial charge in [-0.15, -0.1) is 0 Å². The molecule has 0 aromatic carbocycles. The van der Waals surface area contributed by atoms with Crippen molar-refractivity contribution in [2.75, 3.05) is 6.54 Å². The van der Waals surface area contributed by atoms with Gasteiger partial charge in [-0.2, -0.15) is 0 Å². The monoisotopic (exact) mass is 139 g/mol. The van der Waals surface area contributed by atoms with E-state index < -0.39 is 0 Å². The fourth-order valence-corrected chi connectivity index (χ4v) is 1.13. The van der Waals surface area contributed by atoms with Gasteiger partial charge in [0.05, 0.1) is 0 Å². The summed E-state index contributed by atoms with van der Waals surface area (Å²) in [5.74, 6) is 0.977. The van der Waals surface area contributed by atoms with Gasteiger partial charge in [0.25, 0.3) is 0 Å². The Morgan fingerprint density at radius 3 is 2.80 bits per heavy atom. The Balaban J connectivity index is 2.00. The lowest BCUT2D eigenvalue weighted by Crippen LogP contribution is -2.27. The number of allylic oxidation sites excluding steroid dienone is 1. The van der Waals surface area contributed by atoms with Crippen molar-refractivity contribution in [1.82, 2.24) is 5.32 Å². The van der Waals surface area contributed by atoms with E-state index in [9.17, 15) is 0 Å². The van der Waals surface area contributed by atoms with E-state index >= 15 is 0 Å². The smallest absolute Gasteiger partial charge is 0.0137 e. The van der Waals surface area contributed by atoms with Crippen LogP contribution in [-0.2, 0) is 0 Å². The van der Waals surface area contributed by atoms with Crippen LogP contribution >= 0.6 is 0 Å². The summed E-state index contributed by atoms with van der Waals surface area (Å²) < 4.78 is 0. The summed E-state index contributed by atoms with van der Waals surface area (Å²) in [4.78, 5) is 0. The van der Waals surface area contributed by atoms with E-state index in [4.69, 9.17) is 0 Å². The quantitative estimate of drug-likeness (QED) is 0.587. The molecule has 1 rings (SSSR count). The van der Waals surface area contributed by atoms with E-state index in [-0.39, 0.29) is 0 Å². The summed E-state index contributed by atoms with van der Waals surface area (Å²) in [7, 11) is 0. The summed E-state index contributed by atoms with van der Waals surface area (Å²) >= 11 is 0. The average molecular weight is 139 g/mol. The van der Waals surface area contributed by atoms with Gasteiger partial charge in [0.1, 0.15) is 0 Å². The van der Waals surface area contributed by atoms with E-state index in [1.54, 1.807) is 0 Å². The van der Waals surface area contributed by atoms with Crippen LogP contribution in [0.25, 0.3) is 0 Å². The zero-order valence-electron chi connectivity index (χ0n) is 6.93. The molecule has 1 aliphatic rings. The van der Waals surface area contributed by atoms with Gasteiger partial charge >= 0.3 is 0 Å². The van der Waals surface area contributed by atoms with Crippen molar-refractivity contribution < 1.29 is 0 Å². The van der Waals surface area contributed by atoms with Gasteiger partial charge in [-0.3, -0.25) is 0 Å². The molecule has 0 aromatic rings. The molecule has 0 bridgehead atoms. The molecular formula is C9H17N. The molecular weight excluding hydrogens is 122 g/mol. The van der Waals surface area contributed by atoms with E-state index in [2.05, 4.69) is 31.3 Å². The van der Waals surface area contributed by atoms with Crippen molar-refractivity contribution in [2.45, 2.75) is 32.7 Å². The van der Waals surface area contributed by atoms with Crippen LogP contribution in [0.5, 0.6) is 0 Å². The van der Waals surface area contributed by atoms with Crippen LogP contribution in [0.1, 0.15) is 26.7 Å². The van der Waals surface area contributed by atoms with Gasteiger partial charge in [0, 0.05) is 12.6 Å². The maximum absolute atomic E-state index is 3.46. The summed E-state index contributed by atoms with van der Waals surface area (Å²) in [6.07, 6.45) is 7.12. The van der Waals surface area contributed by atoms with Crippen LogP contribution in [0.15, 0.2) is 12.2 Å². The van der Waals surface area contributed by atoms with Gasteiger partial charge in [-0.05, 0) is 32.6 Å². The van der Waals surface area contributed by atoms with E-state index in [1.807, 2.05) is 0 Å². The predicted molar refractivity (Wildman–Crippen MR) is 45.0 cm³/mol. The normalized spacial score (nSPS) is 21.8. The summed E-state index contributed by atoms with van der Waals surface area (Å²) in [6, 6.07) is 0.733. The average Bonchev–Trinajstić information content (AvgIpc) is 2.69. The lowest BCUT2D eigenvalue weighted by Gasteiger charge is -2.09. The zero-order chi connectivity index (χ0) is 7.40. The van der Waals surface area contributed by atoms with Gasteiger partial charge in [-0.1, -0.05) is 12.2 Å². The molecule has 0 aliphatic heterocycles. The number of hydrogen-bond acceptors (Lipinski definition) is 1. The maximum Gasteiger partial charge on any atom is 0.0137 e. The lowest BCUT2D eigenvalue weighted by atomic mass is 10.2. The zero-order valence-corrected chi connectivity index (χ0v) is 6.93. The molecule has 10 heavy (non-hydrogen) atoms. The fraction of sp³-hybridized carbons (Fsp3) is 0.778. The fourth-order valence-electron chi connectivity index (χ4n) is 1.13. The highest BCUT2D eigenvalue weighted by Gasteiger charge is 2.26. The molecule has 58 valence electrons. The van der Waals surface area contributed by atoms with Crippen LogP contribution in [0.3, 0.4) is 0 Å². The van der Waals surface area contributed by atoms with Crippen LogP contribution in [0, 0.1) is 5.92 Å². The summed E-state index contributed by atoms with van der Waals surface area (Å²) in [6.45, 7) is 5.37. The second-order valence-electron chi connectivity index (χ2n) is 3.10. The standard InChI is InChI=1S/C9H17N/c1-3-4-7-10-8(2)9-5-6-9/h3-4,8-10H,5-7H2,1-2H3/b4-3+. The van der Waals surface area contributed by atoms with Crippen molar-refractivity contribution >= 4 is 0 Å². The second kappa shape index (κ2) is 3.77. The number of rotatable bonds is 4. The van der Waals surface area contributed by atoms with Crippen molar-refractivity contribution in [3.63, 3.8) is 0 Å². The molecule has 1 atom stereocenters. The SMILES string of the molecule is C/C=C/CNC(C)C1CC1. The van der Waals surface area contributed by atoms with Gasteiger partial charge < -0.3 is 5.32 Å². The Morgan fingerprint density at radius 2 is 2.30 bits per heavy atom. The highest BCUT2D eigenvalue weighted by molar-refractivity contribution is 4.87. The van der Waals surface area contributed by atoms with Crippen molar-refractivity contribution in [3.05, 3.63) is 12.2 Å². The van der Waals surface area contributed by atoms with Gasteiger partial charge in [0.2, 0.25) is 0 Å². The molecule has 1 saturated carbocycles. The minimum absolute atomic E-state index is 0.733. The molecule has 1 unspecified atom stereocenters. The first-order valence-corrected chi connectivity index (χ1v) is 4.19. The molecule has 1 heteroatoms. The molecule has 1 N–H and O–H groups in total. The van der Waals surface area contributed by atoms with E-state index in [0.717, 1.165) is 18.5 Å². The van der Waals surface area contributed by atoms with Crippen LogP contribution in [-0.4, -0.2) is 12.6 Å². The van der Waals surface area contributed by atoms with Gasteiger partial charge in [-0.25, -0.2) is 0 Å². The number of nitrogens with one attached hydrogen (secondary N) is 1. The van der Waals surface area contributed by atoms with E-state index in [0.29, 0.717) is 0 Å². The van der Waals surface area contributed by atoms with Crippen molar-refractivity contribution in [3.8, 4) is 0 Å². The highest BCUT2D eigenvalue weighted by Crippen LogP contribution is 2.32. The Bertz CT molecular complexity index is 114. The molecule has 0 spiro atoms. The first-order chi connectivity index (χ1) is 4.84. The van der Waals surface area contributed by atoms with Crippen molar-refractivity contribution in [1.29, 1.82) is 0 Å². The Labute approximate surface area is 63.5 Å². The minimum Gasteiger partial charge on any atom is -0.311 e. The third-order valence-electron chi connectivity index (χ3n) is 2.12. The van der Waals surface area contributed by atoms with Gasteiger partial charge in [0.15, 0.2) is 0 Å². The molecule has 0 heterocycles. The van der Waals surface area contributed by atoms with Crippen LogP contribution in [0.4, 0.5) is 0 Å². The Hall–Kier alpha value is -0.300. The topological polar surface area (TPSA) is 12.0 Å². The maximum atomic E-state index is 3.46. The third-order valence-corrected chi connectivity index (χ3v) is 2.12.